The first-order chi connectivity index (χ1) is 9.43. The Kier molecular flexibility index (Phi) is 6.31. The van der Waals surface area contributed by atoms with E-state index in [-0.39, 0.29) is 5.91 Å². The van der Waals surface area contributed by atoms with E-state index in [4.69, 9.17) is 5.11 Å². The van der Waals surface area contributed by atoms with Gasteiger partial charge in [-0.3, -0.25) is 4.79 Å². The minimum absolute atomic E-state index is 0.109. The molecule has 2 N–H and O–H groups in total. The molecule has 4 nitrogen and oxygen atoms in total. The summed E-state index contributed by atoms with van der Waals surface area (Å²) in [6.07, 6.45) is 4.61. The molecule has 20 heavy (non-hydrogen) atoms. The van der Waals surface area contributed by atoms with Gasteiger partial charge in [-0.05, 0) is 42.5 Å². The van der Waals surface area contributed by atoms with E-state index in [0.29, 0.717) is 17.4 Å². The van der Waals surface area contributed by atoms with Gasteiger partial charge in [0.2, 0.25) is 0 Å². The Balaban J connectivity index is 2.76. The van der Waals surface area contributed by atoms with Gasteiger partial charge in [0.05, 0.1) is 0 Å². The summed E-state index contributed by atoms with van der Waals surface area (Å²) in [5.41, 5.74) is 2.25. The number of aliphatic carboxylic acids is 1. The van der Waals surface area contributed by atoms with Gasteiger partial charge >= 0.3 is 5.97 Å². The predicted molar refractivity (Wildman–Crippen MR) is 83.2 cm³/mol. The molecule has 0 spiro atoms. The lowest BCUT2D eigenvalue weighted by molar-refractivity contribution is -0.131. The average molecular weight is 293 g/mol. The SMILES string of the molecule is CSC(C)CNC(=O)c1ccc(/C=C/C(=O)O)c(C)c1. The number of benzene rings is 1. The van der Waals surface area contributed by atoms with Gasteiger partial charge in [-0.15, -0.1) is 0 Å². The van der Waals surface area contributed by atoms with Gasteiger partial charge in [0.1, 0.15) is 0 Å². The number of nitrogens with one attached hydrogen (secondary N) is 1. The van der Waals surface area contributed by atoms with Crippen molar-refractivity contribution >= 4 is 29.7 Å². The second-order valence-electron chi connectivity index (χ2n) is 4.50. The number of hydrogen-bond acceptors (Lipinski definition) is 3. The van der Waals surface area contributed by atoms with Crippen molar-refractivity contribution in [2.24, 2.45) is 0 Å². The Morgan fingerprint density at radius 2 is 2.15 bits per heavy atom. The summed E-state index contributed by atoms with van der Waals surface area (Å²) in [6.45, 7) is 4.53. The van der Waals surface area contributed by atoms with Crippen LogP contribution in [-0.4, -0.2) is 35.0 Å². The minimum Gasteiger partial charge on any atom is -0.478 e. The first-order valence-corrected chi connectivity index (χ1v) is 7.55. The van der Waals surface area contributed by atoms with Crippen LogP contribution < -0.4 is 5.32 Å². The van der Waals surface area contributed by atoms with Crippen LogP contribution >= 0.6 is 11.8 Å². The van der Waals surface area contributed by atoms with Gasteiger partial charge in [0.15, 0.2) is 0 Å². The van der Waals surface area contributed by atoms with Crippen molar-refractivity contribution in [3.05, 3.63) is 41.0 Å². The maximum absolute atomic E-state index is 12.0. The molecule has 108 valence electrons. The molecule has 0 radical (unpaired) electrons. The Morgan fingerprint density at radius 1 is 1.45 bits per heavy atom. The highest BCUT2D eigenvalue weighted by Crippen LogP contribution is 2.13. The summed E-state index contributed by atoms with van der Waals surface area (Å²) in [4.78, 5) is 22.4. The zero-order valence-corrected chi connectivity index (χ0v) is 12.7. The Hall–Kier alpha value is -1.75. The molecule has 1 rings (SSSR count). The summed E-state index contributed by atoms with van der Waals surface area (Å²) < 4.78 is 0. The van der Waals surface area contributed by atoms with E-state index in [1.54, 1.807) is 30.0 Å². The molecule has 0 aliphatic rings. The monoisotopic (exact) mass is 293 g/mol. The number of aryl methyl sites for hydroxylation is 1. The summed E-state index contributed by atoms with van der Waals surface area (Å²) in [5.74, 6) is -1.10. The molecule has 1 unspecified atom stereocenters. The Labute approximate surface area is 123 Å². The fourth-order valence-corrected chi connectivity index (χ4v) is 1.84. The van der Waals surface area contributed by atoms with Gasteiger partial charge in [0.25, 0.3) is 5.91 Å². The number of carboxylic acids is 1. The minimum atomic E-state index is -0.989. The fraction of sp³-hybridized carbons (Fsp3) is 0.333. The van der Waals surface area contributed by atoms with E-state index in [0.717, 1.165) is 17.2 Å². The van der Waals surface area contributed by atoms with Crippen LogP contribution in [0.1, 0.15) is 28.4 Å². The van der Waals surface area contributed by atoms with Crippen LogP contribution in [0.5, 0.6) is 0 Å². The van der Waals surface area contributed by atoms with Crippen molar-refractivity contribution in [1.29, 1.82) is 0 Å². The maximum Gasteiger partial charge on any atom is 0.328 e. The highest BCUT2D eigenvalue weighted by molar-refractivity contribution is 7.99. The fourth-order valence-electron chi connectivity index (χ4n) is 1.59. The second kappa shape index (κ2) is 7.75. The van der Waals surface area contributed by atoms with Gasteiger partial charge in [-0.25, -0.2) is 4.79 Å². The van der Waals surface area contributed by atoms with Crippen molar-refractivity contribution in [3.8, 4) is 0 Å². The third kappa shape index (κ3) is 5.09. The lowest BCUT2D eigenvalue weighted by Gasteiger charge is -2.10. The van der Waals surface area contributed by atoms with Crippen LogP contribution in [-0.2, 0) is 4.79 Å². The lowest BCUT2D eigenvalue weighted by Crippen LogP contribution is -2.29. The molecule has 0 bridgehead atoms. The molecule has 1 atom stereocenters. The van der Waals surface area contributed by atoms with Gasteiger partial charge in [0, 0.05) is 23.4 Å². The third-order valence-electron chi connectivity index (χ3n) is 2.89. The Bertz CT molecular complexity index is 526. The van der Waals surface area contributed by atoms with E-state index < -0.39 is 5.97 Å². The normalized spacial score (nSPS) is 12.3. The molecule has 0 aliphatic carbocycles. The van der Waals surface area contributed by atoms with Gasteiger partial charge in [-0.1, -0.05) is 13.0 Å². The van der Waals surface area contributed by atoms with Crippen molar-refractivity contribution in [1.82, 2.24) is 5.32 Å². The van der Waals surface area contributed by atoms with E-state index >= 15 is 0 Å². The van der Waals surface area contributed by atoms with Gasteiger partial charge in [-0.2, -0.15) is 11.8 Å². The van der Waals surface area contributed by atoms with E-state index in [2.05, 4.69) is 12.2 Å². The average Bonchev–Trinajstić information content (AvgIpc) is 2.42. The summed E-state index contributed by atoms with van der Waals surface area (Å²) in [7, 11) is 0. The quantitative estimate of drug-likeness (QED) is 0.791. The number of carboxylic acid groups (broad SMARTS) is 1. The van der Waals surface area contributed by atoms with Crippen LogP contribution in [0.25, 0.3) is 6.08 Å². The third-order valence-corrected chi connectivity index (χ3v) is 3.86. The predicted octanol–water partition coefficient (Wildman–Crippen LogP) is 2.57. The van der Waals surface area contributed by atoms with Crippen molar-refractivity contribution < 1.29 is 14.7 Å². The first-order valence-electron chi connectivity index (χ1n) is 6.26. The molecular formula is C15H19NO3S. The molecule has 5 heteroatoms. The number of amides is 1. The van der Waals surface area contributed by atoms with Crippen LogP contribution in [0, 0.1) is 6.92 Å². The first kappa shape index (κ1) is 16.3. The lowest BCUT2D eigenvalue weighted by atomic mass is 10.0. The van der Waals surface area contributed by atoms with Crippen molar-refractivity contribution in [2.75, 3.05) is 12.8 Å². The van der Waals surface area contributed by atoms with E-state index in [9.17, 15) is 9.59 Å². The Morgan fingerprint density at radius 3 is 2.70 bits per heavy atom. The second-order valence-corrected chi connectivity index (χ2v) is 5.78. The number of rotatable bonds is 6. The molecule has 0 fully saturated rings. The maximum atomic E-state index is 12.0. The van der Waals surface area contributed by atoms with Crippen LogP contribution in [0.2, 0.25) is 0 Å². The highest BCUT2D eigenvalue weighted by atomic mass is 32.2. The molecule has 1 amide bonds. The highest BCUT2D eigenvalue weighted by Gasteiger charge is 2.08. The molecular weight excluding hydrogens is 274 g/mol. The van der Waals surface area contributed by atoms with Crippen molar-refractivity contribution in [2.45, 2.75) is 19.1 Å². The number of carbonyl (C=O) groups excluding carboxylic acids is 1. The summed E-state index contributed by atoms with van der Waals surface area (Å²) in [6, 6.07) is 5.22. The molecule has 1 aromatic carbocycles. The number of carbonyl (C=O) groups is 2. The number of thioether (sulfide) groups is 1. The van der Waals surface area contributed by atoms with E-state index in [1.165, 1.54) is 6.08 Å². The van der Waals surface area contributed by atoms with Crippen LogP contribution in [0.15, 0.2) is 24.3 Å². The molecule has 0 saturated heterocycles. The molecule has 0 saturated carbocycles. The van der Waals surface area contributed by atoms with Crippen molar-refractivity contribution in [3.63, 3.8) is 0 Å². The zero-order chi connectivity index (χ0) is 15.1. The smallest absolute Gasteiger partial charge is 0.328 e. The molecule has 1 aromatic rings. The standard InChI is InChI=1S/C15H19NO3S/c1-10-8-13(15(19)16-9-11(2)20-3)5-4-12(10)6-7-14(17)18/h4-8,11H,9H2,1-3H3,(H,16,19)(H,17,18)/b7-6+. The topological polar surface area (TPSA) is 66.4 Å². The van der Waals surface area contributed by atoms with E-state index in [1.807, 2.05) is 13.2 Å². The van der Waals surface area contributed by atoms with Crippen LogP contribution in [0.3, 0.4) is 0 Å². The largest absolute Gasteiger partial charge is 0.478 e. The summed E-state index contributed by atoms with van der Waals surface area (Å²) in [5, 5.41) is 11.8. The van der Waals surface area contributed by atoms with Crippen LogP contribution in [0.4, 0.5) is 0 Å². The molecule has 0 aliphatic heterocycles. The molecule has 0 aromatic heterocycles. The van der Waals surface area contributed by atoms with Gasteiger partial charge < -0.3 is 10.4 Å². The number of hydrogen-bond donors (Lipinski definition) is 2. The summed E-state index contributed by atoms with van der Waals surface area (Å²) >= 11 is 1.70. The zero-order valence-electron chi connectivity index (χ0n) is 11.8. The molecule has 0 heterocycles.